The number of rotatable bonds is 2. The Morgan fingerprint density at radius 3 is 2.62 bits per heavy atom. The molecule has 0 amide bonds. The monoisotopic (exact) mass is 296 g/mol. The number of nitrogens with zero attached hydrogens (tertiary/aromatic N) is 2. The van der Waals surface area contributed by atoms with Gasteiger partial charge in [-0.25, -0.2) is 4.99 Å². The standard InChI is InChI=1S/C17H16N2OS/c1-20-13-8-9-15-14(10-13)17(12-6-4-3-5-7-12)18-11-16(19-15)21-2/h3-10H,11H2,1-2H3. The summed E-state index contributed by atoms with van der Waals surface area (Å²) in [6.45, 7) is 0.613. The van der Waals surface area contributed by atoms with Gasteiger partial charge in [0, 0.05) is 11.1 Å². The summed E-state index contributed by atoms with van der Waals surface area (Å²) in [5.74, 6) is 0.820. The smallest absolute Gasteiger partial charge is 0.119 e. The van der Waals surface area contributed by atoms with Gasteiger partial charge in [-0.05, 0) is 24.5 Å². The van der Waals surface area contributed by atoms with Crippen molar-refractivity contribution in [1.29, 1.82) is 0 Å². The average molecular weight is 296 g/mol. The SMILES string of the molecule is COc1ccc2c(c1)C(c1ccccc1)=NCC(SC)=N2. The summed E-state index contributed by atoms with van der Waals surface area (Å²) in [6, 6.07) is 16.2. The zero-order valence-corrected chi connectivity index (χ0v) is 12.9. The minimum atomic E-state index is 0.613. The van der Waals surface area contributed by atoms with Crippen LogP contribution in [0.4, 0.5) is 5.69 Å². The first kappa shape index (κ1) is 13.9. The lowest BCUT2D eigenvalue weighted by Gasteiger charge is -2.10. The Kier molecular flexibility index (Phi) is 4.06. The van der Waals surface area contributed by atoms with E-state index in [4.69, 9.17) is 14.7 Å². The Balaban J connectivity index is 2.18. The molecule has 2 aromatic carbocycles. The molecule has 4 heteroatoms. The second-order valence-electron chi connectivity index (χ2n) is 4.62. The van der Waals surface area contributed by atoms with Crippen LogP contribution in [0.5, 0.6) is 5.75 Å². The Bertz CT molecular complexity index is 708. The molecule has 3 rings (SSSR count). The predicted octanol–water partition coefficient (Wildman–Crippen LogP) is 3.94. The van der Waals surface area contributed by atoms with Crippen LogP contribution in [-0.2, 0) is 0 Å². The lowest BCUT2D eigenvalue weighted by molar-refractivity contribution is 0.415. The van der Waals surface area contributed by atoms with E-state index in [1.54, 1.807) is 18.9 Å². The van der Waals surface area contributed by atoms with E-state index in [9.17, 15) is 0 Å². The van der Waals surface area contributed by atoms with Gasteiger partial charge in [0.25, 0.3) is 0 Å². The van der Waals surface area contributed by atoms with E-state index in [-0.39, 0.29) is 0 Å². The largest absolute Gasteiger partial charge is 0.497 e. The second-order valence-corrected chi connectivity index (χ2v) is 5.50. The molecule has 0 saturated carbocycles. The Labute approximate surface area is 128 Å². The van der Waals surface area contributed by atoms with Crippen LogP contribution >= 0.6 is 11.8 Å². The van der Waals surface area contributed by atoms with Crippen LogP contribution in [0.25, 0.3) is 0 Å². The zero-order valence-electron chi connectivity index (χ0n) is 12.0. The third-order valence-corrected chi connectivity index (χ3v) is 4.05. The summed E-state index contributed by atoms with van der Waals surface area (Å²) in [5, 5.41) is 1.02. The maximum atomic E-state index is 5.35. The third-order valence-electron chi connectivity index (χ3n) is 3.36. The number of fused-ring (bicyclic) bond motifs is 1. The molecule has 0 bridgehead atoms. The number of ether oxygens (including phenoxy) is 1. The highest BCUT2D eigenvalue weighted by atomic mass is 32.2. The molecule has 0 aliphatic carbocycles. The summed E-state index contributed by atoms with van der Waals surface area (Å²) < 4.78 is 5.35. The van der Waals surface area contributed by atoms with Crippen molar-refractivity contribution in [3.63, 3.8) is 0 Å². The first-order valence-electron chi connectivity index (χ1n) is 6.71. The average Bonchev–Trinajstić information content (AvgIpc) is 2.74. The topological polar surface area (TPSA) is 34.0 Å². The quantitative estimate of drug-likeness (QED) is 0.841. The highest BCUT2D eigenvalue weighted by Gasteiger charge is 2.16. The van der Waals surface area contributed by atoms with Crippen molar-refractivity contribution >= 4 is 28.2 Å². The lowest BCUT2D eigenvalue weighted by Crippen LogP contribution is -2.05. The van der Waals surface area contributed by atoms with Gasteiger partial charge in [0.05, 0.1) is 30.1 Å². The van der Waals surface area contributed by atoms with E-state index in [0.717, 1.165) is 33.3 Å². The van der Waals surface area contributed by atoms with Gasteiger partial charge in [-0.3, -0.25) is 4.99 Å². The molecule has 0 spiro atoms. The molecule has 1 heterocycles. The Hall–Kier alpha value is -2.07. The summed E-state index contributed by atoms with van der Waals surface area (Å²) in [4.78, 5) is 9.49. The number of hydrogen-bond donors (Lipinski definition) is 0. The summed E-state index contributed by atoms with van der Waals surface area (Å²) >= 11 is 1.64. The van der Waals surface area contributed by atoms with Crippen LogP contribution in [0.15, 0.2) is 58.5 Å². The molecular weight excluding hydrogens is 280 g/mol. The van der Waals surface area contributed by atoms with Gasteiger partial charge in [-0.15, -0.1) is 11.8 Å². The summed E-state index contributed by atoms with van der Waals surface area (Å²) in [5.41, 5.74) is 4.03. The lowest BCUT2D eigenvalue weighted by atomic mass is 10.0. The van der Waals surface area contributed by atoms with Crippen LogP contribution in [0, 0.1) is 0 Å². The normalized spacial score (nSPS) is 13.8. The molecule has 0 atom stereocenters. The van der Waals surface area contributed by atoms with Crippen molar-refractivity contribution in [2.45, 2.75) is 0 Å². The highest BCUT2D eigenvalue weighted by molar-refractivity contribution is 8.13. The van der Waals surface area contributed by atoms with Gasteiger partial charge in [0.2, 0.25) is 0 Å². The van der Waals surface area contributed by atoms with Crippen molar-refractivity contribution < 1.29 is 4.74 Å². The van der Waals surface area contributed by atoms with Crippen molar-refractivity contribution in [2.75, 3.05) is 19.9 Å². The van der Waals surface area contributed by atoms with E-state index in [1.165, 1.54) is 0 Å². The molecule has 0 N–H and O–H groups in total. The maximum absolute atomic E-state index is 5.35. The zero-order chi connectivity index (χ0) is 14.7. The number of methoxy groups -OCH3 is 1. The van der Waals surface area contributed by atoms with Crippen molar-refractivity contribution in [2.24, 2.45) is 9.98 Å². The second kappa shape index (κ2) is 6.14. The van der Waals surface area contributed by atoms with Crippen LogP contribution in [0.2, 0.25) is 0 Å². The first-order valence-corrected chi connectivity index (χ1v) is 7.94. The number of hydrogen-bond acceptors (Lipinski definition) is 4. The number of thioether (sulfide) groups is 1. The van der Waals surface area contributed by atoms with Gasteiger partial charge in [-0.1, -0.05) is 30.3 Å². The third kappa shape index (κ3) is 2.85. The first-order chi connectivity index (χ1) is 10.3. The molecule has 1 aliphatic heterocycles. The van der Waals surface area contributed by atoms with Gasteiger partial charge < -0.3 is 4.74 Å². The Morgan fingerprint density at radius 1 is 1.10 bits per heavy atom. The molecule has 0 radical (unpaired) electrons. The summed E-state index contributed by atoms with van der Waals surface area (Å²) in [7, 11) is 1.67. The van der Waals surface area contributed by atoms with E-state index in [2.05, 4.69) is 12.1 Å². The fourth-order valence-corrected chi connectivity index (χ4v) is 2.67. The molecule has 2 aromatic rings. The minimum Gasteiger partial charge on any atom is -0.497 e. The fraction of sp³-hybridized carbons (Fsp3) is 0.176. The molecule has 21 heavy (non-hydrogen) atoms. The number of benzene rings is 2. The van der Waals surface area contributed by atoms with Crippen molar-refractivity contribution in [1.82, 2.24) is 0 Å². The van der Waals surface area contributed by atoms with Crippen molar-refractivity contribution in [3.05, 3.63) is 59.7 Å². The van der Waals surface area contributed by atoms with Crippen LogP contribution in [0.3, 0.4) is 0 Å². The van der Waals surface area contributed by atoms with E-state index in [1.807, 2.05) is 42.7 Å². The van der Waals surface area contributed by atoms with Gasteiger partial charge >= 0.3 is 0 Å². The van der Waals surface area contributed by atoms with Crippen LogP contribution in [-0.4, -0.2) is 30.7 Å². The number of aliphatic imine (C=N–C) groups is 2. The molecule has 0 aromatic heterocycles. The molecule has 0 saturated heterocycles. The predicted molar refractivity (Wildman–Crippen MR) is 90.6 cm³/mol. The molecular formula is C17H16N2OS. The van der Waals surface area contributed by atoms with E-state index < -0.39 is 0 Å². The molecule has 106 valence electrons. The minimum absolute atomic E-state index is 0.613. The molecule has 0 unspecified atom stereocenters. The van der Waals surface area contributed by atoms with E-state index in [0.29, 0.717) is 6.54 Å². The Morgan fingerprint density at radius 2 is 1.90 bits per heavy atom. The molecule has 0 fully saturated rings. The van der Waals surface area contributed by atoms with E-state index >= 15 is 0 Å². The highest BCUT2D eigenvalue weighted by Crippen LogP contribution is 2.30. The molecule has 3 nitrogen and oxygen atoms in total. The fourth-order valence-electron chi connectivity index (χ4n) is 2.28. The maximum Gasteiger partial charge on any atom is 0.119 e. The van der Waals surface area contributed by atoms with Gasteiger partial charge in [-0.2, -0.15) is 0 Å². The van der Waals surface area contributed by atoms with Gasteiger partial charge in [0.15, 0.2) is 0 Å². The molecule has 1 aliphatic rings. The van der Waals surface area contributed by atoms with Crippen LogP contribution in [0.1, 0.15) is 11.1 Å². The van der Waals surface area contributed by atoms with Crippen molar-refractivity contribution in [3.8, 4) is 5.75 Å². The van der Waals surface area contributed by atoms with Gasteiger partial charge in [0.1, 0.15) is 5.75 Å². The van der Waals surface area contributed by atoms with Crippen LogP contribution < -0.4 is 4.74 Å². The summed E-state index contributed by atoms with van der Waals surface area (Å²) in [6.07, 6.45) is 2.03.